The number of aryl methyl sites for hydroxylation is 3. The topological polar surface area (TPSA) is 34.1 Å². The molecule has 1 heterocycles. The first kappa shape index (κ1) is 15.8. The summed E-state index contributed by atoms with van der Waals surface area (Å²) in [6, 6.07) is 8.32. The lowest BCUT2D eigenvalue weighted by Crippen LogP contribution is -2.11. The fraction of sp³-hybridized carbons (Fsp3) is 0.353. The van der Waals surface area contributed by atoms with E-state index in [0.29, 0.717) is 0 Å². The molecular weight excluding hydrogens is 328 g/mol. The summed E-state index contributed by atoms with van der Waals surface area (Å²) in [4.78, 5) is 4.57. The minimum absolute atomic E-state index is 0.193. The smallest absolute Gasteiger partial charge is 0.133 e. The number of anilines is 1. The quantitative estimate of drug-likeness (QED) is 0.848. The fourth-order valence-electron chi connectivity index (χ4n) is 2.77. The van der Waals surface area contributed by atoms with Crippen LogP contribution in [0.5, 0.6) is 5.75 Å². The van der Waals surface area contributed by atoms with Crippen molar-refractivity contribution in [2.75, 3.05) is 12.4 Å². The number of ether oxygens (including phenoxy) is 1. The monoisotopic (exact) mass is 348 g/mol. The highest BCUT2D eigenvalue weighted by Gasteiger charge is 2.13. The van der Waals surface area contributed by atoms with Crippen molar-refractivity contribution in [3.8, 4) is 5.75 Å². The Bertz CT molecular complexity index is 632. The Kier molecular flexibility index (Phi) is 4.88. The molecule has 0 radical (unpaired) electrons. The highest BCUT2D eigenvalue weighted by atomic mass is 79.9. The molecule has 1 aromatic carbocycles. The van der Waals surface area contributed by atoms with Crippen LogP contribution in [0.15, 0.2) is 28.7 Å². The zero-order valence-corrected chi connectivity index (χ0v) is 14.7. The molecule has 1 N–H and O–H groups in total. The summed E-state index contributed by atoms with van der Waals surface area (Å²) in [6.07, 6.45) is 0. The first-order valence-electron chi connectivity index (χ1n) is 6.97. The van der Waals surface area contributed by atoms with Gasteiger partial charge in [0.2, 0.25) is 0 Å². The van der Waals surface area contributed by atoms with Gasteiger partial charge in [-0.15, -0.1) is 0 Å². The number of aromatic nitrogens is 1. The van der Waals surface area contributed by atoms with Crippen molar-refractivity contribution in [2.45, 2.75) is 33.7 Å². The fourth-order valence-corrected chi connectivity index (χ4v) is 3.31. The SMILES string of the molecule is COc1ccc(NC(C)c2c(C)cc(C)nc2C)cc1Br. The maximum absolute atomic E-state index is 5.26. The van der Waals surface area contributed by atoms with Gasteiger partial charge >= 0.3 is 0 Å². The lowest BCUT2D eigenvalue weighted by atomic mass is 10.00. The maximum atomic E-state index is 5.26. The van der Waals surface area contributed by atoms with Crippen LogP contribution in [0.1, 0.15) is 35.5 Å². The zero-order valence-electron chi connectivity index (χ0n) is 13.1. The van der Waals surface area contributed by atoms with Gasteiger partial charge in [-0.3, -0.25) is 4.98 Å². The lowest BCUT2D eigenvalue weighted by molar-refractivity contribution is 0.412. The summed E-state index contributed by atoms with van der Waals surface area (Å²) < 4.78 is 6.20. The van der Waals surface area contributed by atoms with Gasteiger partial charge in [-0.1, -0.05) is 0 Å². The molecule has 1 aromatic heterocycles. The largest absolute Gasteiger partial charge is 0.496 e. The second kappa shape index (κ2) is 6.48. The summed E-state index contributed by atoms with van der Waals surface area (Å²) in [5.74, 6) is 0.831. The zero-order chi connectivity index (χ0) is 15.6. The third-order valence-electron chi connectivity index (χ3n) is 3.55. The molecule has 3 nitrogen and oxygen atoms in total. The number of hydrogen-bond donors (Lipinski definition) is 1. The van der Waals surface area contributed by atoms with Gasteiger partial charge in [-0.25, -0.2) is 0 Å². The molecule has 1 atom stereocenters. The summed E-state index contributed by atoms with van der Waals surface area (Å²) in [5, 5.41) is 3.53. The molecule has 0 aliphatic heterocycles. The van der Waals surface area contributed by atoms with Crippen LogP contribution in [0.4, 0.5) is 5.69 Å². The van der Waals surface area contributed by atoms with E-state index < -0.39 is 0 Å². The van der Waals surface area contributed by atoms with Gasteiger partial charge in [0.15, 0.2) is 0 Å². The Morgan fingerprint density at radius 3 is 2.48 bits per heavy atom. The van der Waals surface area contributed by atoms with Crippen molar-refractivity contribution in [3.05, 3.63) is 51.3 Å². The van der Waals surface area contributed by atoms with Crippen molar-refractivity contribution < 1.29 is 4.74 Å². The second-order valence-corrected chi connectivity index (χ2v) is 6.15. The van der Waals surface area contributed by atoms with Crippen LogP contribution in [0.3, 0.4) is 0 Å². The first-order valence-corrected chi connectivity index (χ1v) is 7.76. The Labute approximate surface area is 134 Å². The summed E-state index contributed by atoms with van der Waals surface area (Å²) >= 11 is 3.51. The van der Waals surface area contributed by atoms with Crippen molar-refractivity contribution in [1.82, 2.24) is 4.98 Å². The van der Waals surface area contributed by atoms with Crippen molar-refractivity contribution in [2.24, 2.45) is 0 Å². The van der Waals surface area contributed by atoms with Crippen LogP contribution in [-0.4, -0.2) is 12.1 Å². The molecular formula is C17H21BrN2O. The molecule has 2 aromatic rings. The van der Waals surface area contributed by atoms with Crippen molar-refractivity contribution >= 4 is 21.6 Å². The molecule has 21 heavy (non-hydrogen) atoms. The first-order chi connectivity index (χ1) is 9.92. The molecule has 1 unspecified atom stereocenters. The van der Waals surface area contributed by atoms with E-state index in [1.807, 2.05) is 25.1 Å². The number of hydrogen-bond acceptors (Lipinski definition) is 3. The Morgan fingerprint density at radius 2 is 1.90 bits per heavy atom. The normalized spacial score (nSPS) is 12.1. The van der Waals surface area contributed by atoms with Gasteiger partial charge < -0.3 is 10.1 Å². The molecule has 0 saturated carbocycles. The van der Waals surface area contributed by atoms with Gasteiger partial charge in [0.25, 0.3) is 0 Å². The van der Waals surface area contributed by atoms with Gasteiger partial charge in [-0.2, -0.15) is 0 Å². The van der Waals surface area contributed by atoms with Crippen LogP contribution in [-0.2, 0) is 0 Å². The Balaban J connectivity index is 2.26. The molecule has 0 saturated heterocycles. The highest BCUT2D eigenvalue weighted by molar-refractivity contribution is 9.10. The average molecular weight is 349 g/mol. The molecule has 0 bridgehead atoms. The third kappa shape index (κ3) is 3.56. The molecule has 2 rings (SSSR count). The number of nitrogens with zero attached hydrogens (tertiary/aromatic N) is 1. The van der Waals surface area contributed by atoms with E-state index in [-0.39, 0.29) is 6.04 Å². The van der Waals surface area contributed by atoms with Crippen LogP contribution in [0.2, 0.25) is 0 Å². The Morgan fingerprint density at radius 1 is 1.19 bits per heavy atom. The number of rotatable bonds is 4. The molecule has 112 valence electrons. The Hall–Kier alpha value is -1.55. The second-order valence-electron chi connectivity index (χ2n) is 5.29. The summed E-state index contributed by atoms with van der Waals surface area (Å²) in [7, 11) is 1.67. The van der Waals surface area contributed by atoms with Gasteiger partial charge in [0.05, 0.1) is 17.6 Å². The lowest BCUT2D eigenvalue weighted by Gasteiger charge is -2.20. The van der Waals surface area contributed by atoms with E-state index in [2.05, 4.69) is 53.1 Å². The standard InChI is InChI=1S/C17H21BrN2O/c1-10-8-11(2)19-12(3)17(10)13(4)20-14-6-7-16(21-5)15(18)9-14/h6-9,13,20H,1-5H3. The average Bonchev–Trinajstić information content (AvgIpc) is 2.37. The van der Waals surface area contributed by atoms with Crippen molar-refractivity contribution in [1.29, 1.82) is 0 Å². The van der Waals surface area contributed by atoms with Gasteiger partial charge in [-0.05, 0) is 79.0 Å². The summed E-state index contributed by atoms with van der Waals surface area (Å²) in [5.41, 5.74) is 5.72. The number of pyridine rings is 1. The number of benzene rings is 1. The van der Waals surface area contributed by atoms with E-state index in [0.717, 1.165) is 27.3 Å². The number of methoxy groups -OCH3 is 1. The van der Waals surface area contributed by atoms with E-state index in [4.69, 9.17) is 4.74 Å². The van der Waals surface area contributed by atoms with E-state index in [9.17, 15) is 0 Å². The molecule has 0 aliphatic rings. The van der Waals surface area contributed by atoms with Crippen LogP contribution < -0.4 is 10.1 Å². The van der Waals surface area contributed by atoms with Crippen LogP contribution in [0.25, 0.3) is 0 Å². The van der Waals surface area contributed by atoms with Crippen LogP contribution >= 0.6 is 15.9 Å². The minimum atomic E-state index is 0.193. The van der Waals surface area contributed by atoms with Gasteiger partial charge in [0.1, 0.15) is 5.75 Å². The molecule has 0 spiro atoms. The maximum Gasteiger partial charge on any atom is 0.133 e. The predicted molar refractivity (Wildman–Crippen MR) is 91.2 cm³/mol. The van der Waals surface area contributed by atoms with E-state index >= 15 is 0 Å². The van der Waals surface area contributed by atoms with E-state index in [1.54, 1.807) is 7.11 Å². The third-order valence-corrected chi connectivity index (χ3v) is 4.17. The minimum Gasteiger partial charge on any atom is -0.496 e. The highest BCUT2D eigenvalue weighted by Crippen LogP contribution is 2.30. The molecule has 0 amide bonds. The number of nitrogens with one attached hydrogen (secondary N) is 1. The van der Waals surface area contributed by atoms with E-state index in [1.165, 1.54) is 11.1 Å². The number of halogens is 1. The molecule has 4 heteroatoms. The predicted octanol–water partition coefficient (Wildman–Crippen LogP) is 4.95. The van der Waals surface area contributed by atoms with Crippen LogP contribution in [0, 0.1) is 20.8 Å². The molecule has 0 fully saturated rings. The molecule has 0 aliphatic carbocycles. The van der Waals surface area contributed by atoms with Crippen molar-refractivity contribution in [3.63, 3.8) is 0 Å². The van der Waals surface area contributed by atoms with Gasteiger partial charge in [0, 0.05) is 17.1 Å². The summed E-state index contributed by atoms with van der Waals surface area (Å²) in [6.45, 7) is 8.39.